The molecule has 0 spiro atoms. The second-order valence-corrected chi connectivity index (χ2v) is 5.92. The Morgan fingerprint density at radius 2 is 2.17 bits per heavy atom. The molecule has 0 saturated carbocycles. The van der Waals surface area contributed by atoms with Crippen molar-refractivity contribution in [2.75, 3.05) is 13.1 Å². The molecule has 1 aromatic heterocycles. The van der Waals surface area contributed by atoms with Crippen molar-refractivity contribution in [3.8, 4) is 0 Å². The maximum atomic E-state index is 12.2. The van der Waals surface area contributed by atoms with Crippen LogP contribution in [0.1, 0.15) is 28.4 Å². The van der Waals surface area contributed by atoms with Crippen molar-refractivity contribution in [2.24, 2.45) is 11.8 Å². The lowest BCUT2D eigenvalue weighted by Crippen LogP contribution is -2.29. The zero-order valence-corrected chi connectivity index (χ0v) is 11.4. The molecule has 1 saturated heterocycles. The summed E-state index contributed by atoms with van der Waals surface area (Å²) in [5.74, 6) is -1.25. The second-order valence-electron chi connectivity index (χ2n) is 4.75. The van der Waals surface area contributed by atoms with Crippen LogP contribution < -0.4 is 0 Å². The summed E-state index contributed by atoms with van der Waals surface area (Å²) in [5, 5.41) is 9.06. The summed E-state index contributed by atoms with van der Waals surface area (Å²) >= 11 is 1.50. The number of thiophene rings is 1. The molecule has 1 amide bonds. The minimum atomic E-state index is -0.807. The van der Waals surface area contributed by atoms with E-state index >= 15 is 0 Å². The second kappa shape index (κ2) is 5.10. The molecule has 98 valence electrons. The molecule has 2 atom stereocenters. The van der Waals surface area contributed by atoms with E-state index in [-0.39, 0.29) is 11.8 Å². The number of aryl methyl sites for hydroxylation is 1. The van der Waals surface area contributed by atoms with Crippen molar-refractivity contribution in [1.82, 2.24) is 4.90 Å². The van der Waals surface area contributed by atoms with Gasteiger partial charge in [0, 0.05) is 18.0 Å². The van der Waals surface area contributed by atoms with Crippen molar-refractivity contribution >= 4 is 23.2 Å². The van der Waals surface area contributed by atoms with E-state index < -0.39 is 11.9 Å². The fraction of sp³-hybridized carbons (Fsp3) is 0.538. The average Bonchev–Trinajstić information content (AvgIpc) is 2.94. The van der Waals surface area contributed by atoms with Crippen LogP contribution in [0.5, 0.6) is 0 Å². The third-order valence-corrected chi connectivity index (χ3v) is 4.66. The minimum absolute atomic E-state index is 0.0251. The Bertz CT molecular complexity index is 469. The summed E-state index contributed by atoms with van der Waals surface area (Å²) in [7, 11) is 0. The molecule has 1 N–H and O–H groups in total. The van der Waals surface area contributed by atoms with Gasteiger partial charge in [0.1, 0.15) is 0 Å². The summed E-state index contributed by atoms with van der Waals surface area (Å²) in [6.07, 6.45) is 0.923. The number of nitrogens with zero attached hydrogens (tertiary/aromatic N) is 1. The Morgan fingerprint density at radius 1 is 1.44 bits per heavy atom. The average molecular weight is 267 g/mol. The summed E-state index contributed by atoms with van der Waals surface area (Å²) < 4.78 is 0. The van der Waals surface area contributed by atoms with Gasteiger partial charge in [-0.1, -0.05) is 13.8 Å². The molecule has 0 aromatic carbocycles. The van der Waals surface area contributed by atoms with Gasteiger partial charge in [-0.2, -0.15) is 0 Å². The molecule has 2 heterocycles. The van der Waals surface area contributed by atoms with Gasteiger partial charge in [-0.25, -0.2) is 0 Å². The number of carboxylic acids is 1. The lowest BCUT2D eigenvalue weighted by atomic mass is 9.99. The largest absolute Gasteiger partial charge is 0.481 e. The number of carbonyl (C=O) groups excluding carboxylic acids is 1. The number of likely N-dealkylation sites (tertiary alicyclic amines) is 1. The number of carboxylic acid groups (broad SMARTS) is 1. The summed E-state index contributed by atoms with van der Waals surface area (Å²) in [6, 6.07) is 3.80. The first-order valence-corrected chi connectivity index (χ1v) is 6.95. The first-order chi connectivity index (χ1) is 8.52. The fourth-order valence-electron chi connectivity index (χ4n) is 2.29. The predicted molar refractivity (Wildman–Crippen MR) is 69.9 cm³/mol. The molecule has 4 nitrogen and oxygen atoms in total. The highest BCUT2D eigenvalue weighted by Crippen LogP contribution is 2.26. The molecule has 0 radical (unpaired) electrons. The molecule has 5 heteroatoms. The first-order valence-electron chi connectivity index (χ1n) is 6.13. The van der Waals surface area contributed by atoms with Gasteiger partial charge in [0.05, 0.1) is 10.8 Å². The Morgan fingerprint density at radius 3 is 2.67 bits per heavy atom. The van der Waals surface area contributed by atoms with E-state index in [0.29, 0.717) is 18.0 Å². The van der Waals surface area contributed by atoms with E-state index in [9.17, 15) is 9.59 Å². The zero-order chi connectivity index (χ0) is 13.3. The van der Waals surface area contributed by atoms with E-state index in [0.717, 1.165) is 6.42 Å². The highest BCUT2D eigenvalue weighted by atomic mass is 32.1. The lowest BCUT2D eigenvalue weighted by Gasteiger charge is -2.14. The number of aliphatic carboxylic acids is 1. The van der Waals surface area contributed by atoms with Crippen LogP contribution in [-0.4, -0.2) is 35.0 Å². The van der Waals surface area contributed by atoms with Crippen LogP contribution in [0, 0.1) is 11.8 Å². The number of hydrogen-bond acceptors (Lipinski definition) is 3. The van der Waals surface area contributed by atoms with E-state index in [1.54, 1.807) is 4.90 Å². The molecule has 1 aliphatic rings. The molecule has 1 aliphatic heterocycles. The standard InChI is InChI=1S/C13H17NO3S/c1-3-9-4-5-11(18-9)12(15)14-6-8(2)10(7-14)13(16)17/h4-5,8,10H,3,6-7H2,1-2H3,(H,16,17)/t8-,10-/m1/s1. The Labute approximate surface area is 110 Å². The van der Waals surface area contributed by atoms with Crippen molar-refractivity contribution in [1.29, 1.82) is 0 Å². The van der Waals surface area contributed by atoms with Crippen LogP contribution in [0.25, 0.3) is 0 Å². The van der Waals surface area contributed by atoms with Crippen molar-refractivity contribution in [2.45, 2.75) is 20.3 Å². The van der Waals surface area contributed by atoms with Gasteiger partial charge in [0.2, 0.25) is 0 Å². The molecule has 2 rings (SSSR count). The maximum absolute atomic E-state index is 12.2. The first kappa shape index (κ1) is 13.1. The molecule has 18 heavy (non-hydrogen) atoms. The van der Waals surface area contributed by atoms with Crippen LogP contribution in [0.2, 0.25) is 0 Å². The topological polar surface area (TPSA) is 57.6 Å². The van der Waals surface area contributed by atoms with Gasteiger partial charge in [0.25, 0.3) is 5.91 Å². The molecule has 1 fully saturated rings. The van der Waals surface area contributed by atoms with Crippen LogP contribution >= 0.6 is 11.3 Å². The molecule has 0 bridgehead atoms. The van der Waals surface area contributed by atoms with Gasteiger partial charge in [-0.05, 0) is 24.5 Å². The van der Waals surface area contributed by atoms with Crippen molar-refractivity contribution in [3.63, 3.8) is 0 Å². The van der Waals surface area contributed by atoms with Gasteiger partial charge in [0.15, 0.2) is 0 Å². The predicted octanol–water partition coefficient (Wildman–Crippen LogP) is 2.10. The fourth-order valence-corrected chi connectivity index (χ4v) is 3.21. The Balaban J connectivity index is 2.09. The van der Waals surface area contributed by atoms with Gasteiger partial charge >= 0.3 is 5.97 Å². The molecular formula is C13H17NO3S. The summed E-state index contributed by atoms with van der Waals surface area (Å²) in [5.41, 5.74) is 0. The SMILES string of the molecule is CCc1ccc(C(=O)N2C[C@@H](C)[C@H](C(=O)O)C2)s1. The normalized spacial score (nSPS) is 23.3. The van der Waals surface area contributed by atoms with Crippen LogP contribution in [-0.2, 0) is 11.2 Å². The summed E-state index contributed by atoms with van der Waals surface area (Å²) in [6.45, 7) is 4.81. The minimum Gasteiger partial charge on any atom is -0.481 e. The quantitative estimate of drug-likeness (QED) is 0.912. The smallest absolute Gasteiger partial charge is 0.308 e. The summed E-state index contributed by atoms with van der Waals surface area (Å²) in [4.78, 5) is 26.8. The van der Waals surface area contributed by atoms with E-state index in [2.05, 4.69) is 6.92 Å². The van der Waals surface area contributed by atoms with E-state index in [4.69, 9.17) is 5.11 Å². The van der Waals surface area contributed by atoms with Gasteiger partial charge in [-0.3, -0.25) is 9.59 Å². The third-order valence-electron chi connectivity index (χ3n) is 3.44. The number of hydrogen-bond donors (Lipinski definition) is 1. The van der Waals surface area contributed by atoms with Crippen LogP contribution in [0.4, 0.5) is 0 Å². The number of carbonyl (C=O) groups is 2. The molecular weight excluding hydrogens is 250 g/mol. The van der Waals surface area contributed by atoms with E-state index in [1.165, 1.54) is 16.2 Å². The third kappa shape index (κ3) is 2.41. The monoisotopic (exact) mass is 267 g/mol. The van der Waals surface area contributed by atoms with Crippen LogP contribution in [0.3, 0.4) is 0 Å². The highest BCUT2D eigenvalue weighted by molar-refractivity contribution is 7.14. The Hall–Kier alpha value is -1.36. The highest BCUT2D eigenvalue weighted by Gasteiger charge is 2.37. The van der Waals surface area contributed by atoms with Gasteiger partial charge in [-0.15, -0.1) is 11.3 Å². The van der Waals surface area contributed by atoms with Gasteiger partial charge < -0.3 is 10.0 Å². The number of amides is 1. The number of rotatable bonds is 3. The Kier molecular flexibility index (Phi) is 3.71. The molecule has 0 aliphatic carbocycles. The van der Waals surface area contributed by atoms with Crippen molar-refractivity contribution in [3.05, 3.63) is 21.9 Å². The zero-order valence-electron chi connectivity index (χ0n) is 10.5. The maximum Gasteiger partial charge on any atom is 0.308 e. The molecule has 1 aromatic rings. The molecule has 0 unspecified atom stereocenters. The van der Waals surface area contributed by atoms with Crippen molar-refractivity contribution < 1.29 is 14.7 Å². The lowest BCUT2D eigenvalue weighted by molar-refractivity contribution is -0.142. The van der Waals surface area contributed by atoms with E-state index in [1.807, 2.05) is 19.1 Å². The van der Waals surface area contributed by atoms with Crippen LogP contribution in [0.15, 0.2) is 12.1 Å².